The van der Waals surface area contributed by atoms with Gasteiger partial charge in [-0.1, -0.05) is 71.9 Å². The summed E-state index contributed by atoms with van der Waals surface area (Å²) in [6.45, 7) is 2.45. The Bertz CT molecular complexity index is 765. The quantitative estimate of drug-likeness (QED) is 0.394. The number of benzene rings is 2. The fourth-order valence-electron chi connectivity index (χ4n) is 3.31. The van der Waals surface area contributed by atoms with E-state index >= 15 is 0 Å². The number of halogens is 3. The Labute approximate surface area is 174 Å². The van der Waals surface area contributed by atoms with Crippen LogP contribution in [0.25, 0.3) is 0 Å². The Hall–Kier alpha value is -0.640. The summed E-state index contributed by atoms with van der Waals surface area (Å²) in [6.07, 6.45) is 6.49. The molecule has 1 aliphatic heterocycles. The Balaban J connectivity index is 1.80. The topological polar surface area (TPSA) is 15.3 Å². The van der Waals surface area contributed by atoms with Gasteiger partial charge in [0, 0.05) is 38.6 Å². The number of likely N-dealkylation sites (tertiary alicyclic amines) is 1. The van der Waals surface area contributed by atoms with Crippen LogP contribution in [0, 0.1) is 12.3 Å². The van der Waals surface area contributed by atoms with E-state index in [1.54, 1.807) is 0 Å². The van der Waals surface area contributed by atoms with Gasteiger partial charge in [0.2, 0.25) is 0 Å². The first-order valence-corrected chi connectivity index (χ1v) is 10.6. The van der Waals surface area contributed by atoms with Crippen molar-refractivity contribution in [3.63, 3.8) is 0 Å². The van der Waals surface area contributed by atoms with Crippen LogP contribution >= 0.6 is 47.8 Å². The third-order valence-electron chi connectivity index (χ3n) is 4.55. The van der Waals surface area contributed by atoms with E-state index in [1.807, 2.05) is 0 Å². The fourth-order valence-corrected chi connectivity index (χ4v) is 5.05. The van der Waals surface area contributed by atoms with Gasteiger partial charge in [0.1, 0.15) is 0 Å². The highest BCUT2D eigenvalue weighted by Crippen LogP contribution is 2.42. The van der Waals surface area contributed by atoms with Crippen molar-refractivity contribution in [2.45, 2.75) is 25.0 Å². The number of nitrogens with zero attached hydrogens (tertiary/aromatic N) is 1. The van der Waals surface area contributed by atoms with Gasteiger partial charge in [0.15, 0.2) is 0 Å². The molecule has 1 saturated heterocycles. The van der Waals surface area contributed by atoms with Crippen LogP contribution in [-0.4, -0.2) is 24.0 Å². The molecule has 0 spiro atoms. The van der Waals surface area contributed by atoms with Crippen molar-refractivity contribution in [2.24, 2.45) is 0 Å². The molecule has 0 unspecified atom stereocenters. The van der Waals surface area contributed by atoms with Gasteiger partial charge in [-0.3, -0.25) is 4.90 Å². The van der Waals surface area contributed by atoms with Crippen LogP contribution in [0.2, 0.25) is 0 Å². The SMILES string of the molecule is C#CCNC[C@@H]1C[C@H](c2cc(Br)cc(Br)c2)N1Cc1ccccc1Br. The number of rotatable bonds is 6. The van der Waals surface area contributed by atoms with E-state index in [9.17, 15) is 0 Å². The molecule has 1 heterocycles. The summed E-state index contributed by atoms with van der Waals surface area (Å²) in [6, 6.07) is 15.8. The fraction of sp³-hybridized carbons (Fsp3) is 0.300. The molecule has 1 fully saturated rings. The maximum absolute atomic E-state index is 5.36. The Kier molecular flexibility index (Phi) is 6.76. The van der Waals surface area contributed by atoms with E-state index in [4.69, 9.17) is 6.42 Å². The Morgan fingerprint density at radius 3 is 2.52 bits per heavy atom. The second kappa shape index (κ2) is 8.83. The van der Waals surface area contributed by atoms with Gasteiger partial charge in [-0.25, -0.2) is 0 Å². The highest BCUT2D eigenvalue weighted by atomic mass is 79.9. The molecule has 1 aliphatic rings. The Morgan fingerprint density at radius 1 is 1.12 bits per heavy atom. The first-order valence-electron chi connectivity index (χ1n) is 8.18. The molecule has 0 bridgehead atoms. The molecule has 0 aromatic heterocycles. The zero-order valence-electron chi connectivity index (χ0n) is 13.7. The van der Waals surface area contributed by atoms with Crippen molar-refractivity contribution < 1.29 is 0 Å². The lowest BCUT2D eigenvalue weighted by Crippen LogP contribution is -2.54. The third kappa shape index (κ3) is 4.75. The summed E-state index contributed by atoms with van der Waals surface area (Å²) >= 11 is 10.9. The van der Waals surface area contributed by atoms with E-state index in [1.165, 1.54) is 11.1 Å². The predicted octanol–water partition coefficient (Wildman–Crippen LogP) is 5.51. The summed E-state index contributed by atoms with van der Waals surface area (Å²) in [4.78, 5) is 2.55. The lowest BCUT2D eigenvalue weighted by Gasteiger charge is -2.49. The molecule has 0 saturated carbocycles. The van der Waals surface area contributed by atoms with Crippen LogP contribution in [-0.2, 0) is 6.54 Å². The number of hydrogen-bond donors (Lipinski definition) is 1. The van der Waals surface area contributed by atoms with Gasteiger partial charge < -0.3 is 5.32 Å². The molecule has 2 aromatic rings. The van der Waals surface area contributed by atoms with Crippen molar-refractivity contribution in [3.05, 3.63) is 67.0 Å². The van der Waals surface area contributed by atoms with Gasteiger partial charge in [0.05, 0.1) is 6.54 Å². The number of terminal acetylenes is 1. The van der Waals surface area contributed by atoms with Crippen LogP contribution < -0.4 is 5.32 Å². The average Bonchev–Trinajstić information content (AvgIpc) is 2.55. The van der Waals surface area contributed by atoms with E-state index in [2.05, 4.69) is 106 Å². The number of nitrogens with one attached hydrogen (secondary N) is 1. The molecule has 130 valence electrons. The molecule has 5 heteroatoms. The van der Waals surface area contributed by atoms with Crippen LogP contribution in [0.15, 0.2) is 55.9 Å². The highest BCUT2D eigenvalue weighted by Gasteiger charge is 2.39. The molecule has 2 atom stereocenters. The second-order valence-corrected chi connectivity index (χ2v) is 8.89. The molecular weight excluding hydrogens is 508 g/mol. The molecule has 2 nitrogen and oxygen atoms in total. The molecule has 0 aliphatic carbocycles. The van der Waals surface area contributed by atoms with Gasteiger partial charge in [-0.05, 0) is 41.8 Å². The molecular formula is C20H19Br3N2. The average molecular weight is 527 g/mol. The Morgan fingerprint density at radius 2 is 1.84 bits per heavy atom. The van der Waals surface area contributed by atoms with E-state index < -0.39 is 0 Å². The zero-order chi connectivity index (χ0) is 17.8. The molecule has 2 aromatic carbocycles. The lowest BCUT2D eigenvalue weighted by molar-refractivity contribution is 0.00607. The smallest absolute Gasteiger partial charge is 0.0574 e. The number of hydrogen-bond acceptors (Lipinski definition) is 2. The maximum atomic E-state index is 5.36. The van der Waals surface area contributed by atoms with Gasteiger partial charge in [0.25, 0.3) is 0 Å². The van der Waals surface area contributed by atoms with Crippen LogP contribution in [0.5, 0.6) is 0 Å². The summed E-state index contributed by atoms with van der Waals surface area (Å²) < 4.78 is 3.37. The molecule has 0 amide bonds. The van der Waals surface area contributed by atoms with Crippen molar-refractivity contribution in [2.75, 3.05) is 13.1 Å². The van der Waals surface area contributed by atoms with Gasteiger partial charge in [-0.2, -0.15) is 0 Å². The van der Waals surface area contributed by atoms with Crippen LogP contribution in [0.4, 0.5) is 0 Å². The summed E-state index contributed by atoms with van der Waals surface area (Å²) in [5, 5.41) is 3.35. The molecule has 1 N–H and O–H groups in total. The van der Waals surface area contributed by atoms with Gasteiger partial charge in [-0.15, -0.1) is 6.42 Å². The summed E-state index contributed by atoms with van der Waals surface area (Å²) in [5.41, 5.74) is 2.64. The normalized spacial score (nSPS) is 20.1. The minimum atomic E-state index is 0.415. The van der Waals surface area contributed by atoms with Crippen molar-refractivity contribution >= 4 is 47.8 Å². The van der Waals surface area contributed by atoms with Crippen LogP contribution in [0.3, 0.4) is 0 Å². The monoisotopic (exact) mass is 524 g/mol. The third-order valence-corrected chi connectivity index (χ3v) is 6.24. The van der Waals surface area contributed by atoms with Crippen molar-refractivity contribution in [3.8, 4) is 12.3 Å². The van der Waals surface area contributed by atoms with Gasteiger partial charge >= 0.3 is 0 Å². The van der Waals surface area contributed by atoms with E-state index in [0.29, 0.717) is 18.6 Å². The highest BCUT2D eigenvalue weighted by molar-refractivity contribution is 9.11. The van der Waals surface area contributed by atoms with Crippen molar-refractivity contribution in [1.29, 1.82) is 0 Å². The molecule has 25 heavy (non-hydrogen) atoms. The minimum absolute atomic E-state index is 0.415. The first kappa shape index (κ1) is 19.1. The second-order valence-electron chi connectivity index (χ2n) is 6.21. The zero-order valence-corrected chi connectivity index (χ0v) is 18.4. The maximum Gasteiger partial charge on any atom is 0.0574 e. The standard InChI is InChI=1S/C20H19Br3N2/c1-2-7-24-12-18-11-20(15-8-16(21)10-17(22)9-15)25(18)13-14-5-3-4-6-19(14)23/h1,3-6,8-10,18,20,24H,7,11-13H2/t18-,20+/m0/s1. The van der Waals surface area contributed by atoms with E-state index in [-0.39, 0.29) is 0 Å². The molecule has 3 rings (SSSR count). The largest absolute Gasteiger partial charge is 0.305 e. The molecule has 0 radical (unpaired) electrons. The van der Waals surface area contributed by atoms with E-state index in [0.717, 1.165) is 32.9 Å². The summed E-state index contributed by atoms with van der Waals surface area (Å²) in [5.74, 6) is 2.65. The summed E-state index contributed by atoms with van der Waals surface area (Å²) in [7, 11) is 0. The van der Waals surface area contributed by atoms with Crippen LogP contribution in [0.1, 0.15) is 23.6 Å². The minimum Gasteiger partial charge on any atom is -0.305 e. The van der Waals surface area contributed by atoms with Crippen molar-refractivity contribution in [1.82, 2.24) is 10.2 Å². The first-order chi connectivity index (χ1) is 12.1. The lowest BCUT2D eigenvalue weighted by atomic mass is 9.86. The predicted molar refractivity (Wildman–Crippen MR) is 114 cm³/mol.